The minimum absolute atomic E-state index is 0. The first kappa shape index (κ1) is 31.3. The molecule has 0 unspecified atom stereocenters. The highest BCUT2D eigenvalue weighted by Gasteiger charge is 2.18. The minimum Gasteiger partial charge on any atom is -0.0776 e. The second kappa shape index (κ2) is 14.5. The summed E-state index contributed by atoms with van der Waals surface area (Å²) in [5, 5.41) is 5.36. The van der Waals surface area contributed by atoms with Crippen molar-refractivity contribution in [2.24, 2.45) is 0 Å². The van der Waals surface area contributed by atoms with Crippen molar-refractivity contribution in [2.45, 2.75) is 48.5 Å². The van der Waals surface area contributed by atoms with Crippen molar-refractivity contribution >= 4 is 27.1 Å². The summed E-state index contributed by atoms with van der Waals surface area (Å²) < 4.78 is 0. The van der Waals surface area contributed by atoms with E-state index in [0.29, 0.717) is 0 Å². The molecule has 216 valence electrons. The van der Waals surface area contributed by atoms with Crippen LogP contribution in [0.4, 0.5) is 0 Å². The van der Waals surface area contributed by atoms with Gasteiger partial charge in [0.05, 0.1) is 0 Å². The Balaban J connectivity index is 0.000000212. The van der Waals surface area contributed by atoms with E-state index >= 15 is 0 Å². The molecule has 0 aromatic heterocycles. The van der Waals surface area contributed by atoms with Crippen LogP contribution in [0.2, 0.25) is 0 Å². The predicted molar refractivity (Wildman–Crippen MR) is 193 cm³/mol. The molecule has 0 heteroatoms. The molecule has 6 aromatic rings. The van der Waals surface area contributed by atoms with Gasteiger partial charge < -0.3 is 0 Å². The van der Waals surface area contributed by atoms with Crippen molar-refractivity contribution in [1.29, 1.82) is 0 Å². The average molecular weight is 561 g/mol. The molecule has 0 spiro atoms. The van der Waals surface area contributed by atoms with Gasteiger partial charge in [-0.3, -0.25) is 0 Å². The SMILES string of the molecule is C.CC.CC1=CC=C(c2c3ccccc3c(-c3ccccc3)c3ccccc23)C1.Cc1ccccc1-c1ccccc1C. The Labute approximate surface area is 259 Å². The summed E-state index contributed by atoms with van der Waals surface area (Å²) in [6.45, 7) is 10.5. The van der Waals surface area contributed by atoms with E-state index in [9.17, 15) is 0 Å². The molecule has 0 aliphatic heterocycles. The lowest BCUT2D eigenvalue weighted by Gasteiger charge is -2.18. The maximum atomic E-state index is 2.30. The van der Waals surface area contributed by atoms with Gasteiger partial charge in [-0.1, -0.05) is 166 Å². The molecular weight excluding hydrogens is 516 g/mol. The molecule has 1 aliphatic carbocycles. The zero-order valence-corrected chi connectivity index (χ0v) is 25.5. The molecule has 0 fully saturated rings. The summed E-state index contributed by atoms with van der Waals surface area (Å²) in [5.74, 6) is 0. The van der Waals surface area contributed by atoms with E-state index in [1.807, 2.05) is 13.8 Å². The quantitative estimate of drug-likeness (QED) is 0.189. The fraction of sp³-hybridized carbons (Fsp3) is 0.163. The third-order valence-electron chi connectivity index (χ3n) is 7.93. The lowest BCUT2D eigenvalue weighted by molar-refractivity contribution is 1.27. The molecule has 0 N–H and O–H groups in total. The van der Waals surface area contributed by atoms with Gasteiger partial charge in [0.2, 0.25) is 0 Å². The van der Waals surface area contributed by atoms with Gasteiger partial charge in [0.1, 0.15) is 0 Å². The number of fused-ring (bicyclic) bond motifs is 2. The molecule has 43 heavy (non-hydrogen) atoms. The van der Waals surface area contributed by atoms with Gasteiger partial charge in [-0.05, 0) is 93.3 Å². The summed E-state index contributed by atoms with van der Waals surface area (Å²) in [4.78, 5) is 0. The van der Waals surface area contributed by atoms with Crippen LogP contribution in [-0.4, -0.2) is 0 Å². The van der Waals surface area contributed by atoms with Crippen LogP contribution in [0.5, 0.6) is 0 Å². The Bertz CT molecular complexity index is 1780. The monoisotopic (exact) mass is 560 g/mol. The molecule has 0 radical (unpaired) electrons. The topological polar surface area (TPSA) is 0 Å². The molecule has 7 rings (SSSR count). The van der Waals surface area contributed by atoms with Crippen LogP contribution in [0, 0.1) is 13.8 Å². The second-order valence-corrected chi connectivity index (χ2v) is 10.7. The zero-order chi connectivity index (χ0) is 29.5. The van der Waals surface area contributed by atoms with Crippen molar-refractivity contribution in [2.75, 3.05) is 0 Å². The molecule has 0 amide bonds. The van der Waals surface area contributed by atoms with Gasteiger partial charge in [0.25, 0.3) is 0 Å². The van der Waals surface area contributed by atoms with Gasteiger partial charge in [-0.15, -0.1) is 0 Å². The molecule has 0 saturated carbocycles. The largest absolute Gasteiger partial charge is 0.0776 e. The number of hydrogen-bond donors (Lipinski definition) is 0. The maximum absolute atomic E-state index is 2.30. The smallest absolute Gasteiger partial charge is 0.00264 e. The van der Waals surface area contributed by atoms with Gasteiger partial charge in [0, 0.05) is 0 Å². The summed E-state index contributed by atoms with van der Waals surface area (Å²) in [7, 11) is 0. The van der Waals surface area contributed by atoms with Crippen LogP contribution in [0.15, 0.2) is 145 Å². The Kier molecular flexibility index (Phi) is 10.5. The van der Waals surface area contributed by atoms with Gasteiger partial charge in [-0.2, -0.15) is 0 Å². The number of aryl methyl sites for hydroxylation is 2. The van der Waals surface area contributed by atoms with E-state index in [4.69, 9.17) is 0 Å². The Hall–Kier alpha value is -4.68. The third kappa shape index (κ3) is 6.55. The van der Waals surface area contributed by atoms with Crippen molar-refractivity contribution in [3.63, 3.8) is 0 Å². The van der Waals surface area contributed by atoms with Crippen LogP contribution in [0.25, 0.3) is 49.4 Å². The van der Waals surface area contributed by atoms with Gasteiger partial charge in [-0.25, -0.2) is 0 Å². The fourth-order valence-corrected chi connectivity index (χ4v) is 5.97. The van der Waals surface area contributed by atoms with Crippen LogP contribution >= 0.6 is 0 Å². The van der Waals surface area contributed by atoms with Crippen molar-refractivity contribution in [3.8, 4) is 22.3 Å². The minimum atomic E-state index is 0. The van der Waals surface area contributed by atoms with Gasteiger partial charge in [0.15, 0.2) is 0 Å². The van der Waals surface area contributed by atoms with Gasteiger partial charge >= 0.3 is 0 Å². The summed E-state index contributed by atoms with van der Waals surface area (Å²) in [6, 6.07) is 45.5. The highest BCUT2D eigenvalue weighted by molar-refractivity contribution is 6.19. The van der Waals surface area contributed by atoms with E-state index in [0.717, 1.165) is 6.42 Å². The molecule has 6 aromatic carbocycles. The van der Waals surface area contributed by atoms with E-state index in [1.165, 1.54) is 71.6 Å². The fourth-order valence-electron chi connectivity index (χ4n) is 5.97. The van der Waals surface area contributed by atoms with E-state index in [2.05, 4.69) is 160 Å². The van der Waals surface area contributed by atoms with Crippen molar-refractivity contribution in [1.82, 2.24) is 0 Å². The molecule has 0 atom stereocenters. The zero-order valence-electron chi connectivity index (χ0n) is 25.5. The maximum Gasteiger partial charge on any atom is -0.00264 e. The normalized spacial score (nSPS) is 11.8. The van der Waals surface area contributed by atoms with E-state index in [1.54, 1.807) is 0 Å². The first-order valence-electron chi connectivity index (χ1n) is 15.1. The molecule has 0 saturated heterocycles. The van der Waals surface area contributed by atoms with Crippen molar-refractivity contribution < 1.29 is 0 Å². The second-order valence-electron chi connectivity index (χ2n) is 10.7. The van der Waals surface area contributed by atoms with Crippen LogP contribution in [-0.2, 0) is 0 Å². The lowest BCUT2D eigenvalue weighted by Crippen LogP contribution is -1.93. The number of hydrogen-bond acceptors (Lipinski definition) is 0. The predicted octanol–water partition coefficient (Wildman–Crippen LogP) is 13.0. The molecule has 1 aliphatic rings. The Morgan fingerprint density at radius 3 is 1.23 bits per heavy atom. The number of benzene rings is 6. The van der Waals surface area contributed by atoms with Crippen molar-refractivity contribution in [3.05, 3.63) is 162 Å². The Morgan fingerprint density at radius 1 is 0.419 bits per heavy atom. The van der Waals surface area contributed by atoms with Crippen LogP contribution < -0.4 is 0 Å². The molecule has 0 heterocycles. The summed E-state index contributed by atoms with van der Waals surface area (Å²) >= 11 is 0. The van der Waals surface area contributed by atoms with Crippen LogP contribution in [0.3, 0.4) is 0 Å². The highest BCUT2D eigenvalue weighted by atomic mass is 14.2. The molecular formula is C43H44. The first-order valence-corrected chi connectivity index (χ1v) is 15.1. The highest BCUT2D eigenvalue weighted by Crippen LogP contribution is 2.43. The number of allylic oxidation sites excluding steroid dienone is 4. The average Bonchev–Trinajstić information content (AvgIpc) is 3.47. The summed E-state index contributed by atoms with van der Waals surface area (Å²) in [6.07, 6.45) is 5.59. The Morgan fingerprint density at radius 2 is 0.814 bits per heavy atom. The first-order chi connectivity index (χ1) is 20.6. The lowest BCUT2D eigenvalue weighted by atomic mass is 9.85. The van der Waals surface area contributed by atoms with E-state index in [-0.39, 0.29) is 7.43 Å². The third-order valence-corrected chi connectivity index (χ3v) is 7.93. The standard InChI is InChI=1S/C26H20.C14H14.C2H6.CH4/c1-18-15-16-20(17-18)26-23-13-7-5-11-21(23)25(19-9-3-2-4-10-19)22-12-6-8-14-24(22)26;1-11-7-3-5-9-13(11)14-10-6-4-8-12(14)2;1-2;/h2-16H,17H2,1H3;3-10H,1-2H3;1-2H3;1H4. The van der Waals surface area contributed by atoms with E-state index < -0.39 is 0 Å². The van der Waals surface area contributed by atoms with Crippen LogP contribution in [0.1, 0.15) is 51.3 Å². The number of rotatable bonds is 3. The molecule has 0 nitrogen and oxygen atoms in total. The summed E-state index contributed by atoms with van der Waals surface area (Å²) in [5.41, 5.74) is 12.2. The molecule has 0 bridgehead atoms.